The van der Waals surface area contributed by atoms with Gasteiger partial charge >= 0.3 is 0 Å². The van der Waals surface area contributed by atoms with E-state index >= 15 is 0 Å². The average molecular weight is 299 g/mol. The summed E-state index contributed by atoms with van der Waals surface area (Å²) in [6.07, 6.45) is 1.32. The van der Waals surface area contributed by atoms with Gasteiger partial charge in [0.1, 0.15) is 11.6 Å². The quantitative estimate of drug-likeness (QED) is 0.936. The lowest BCUT2D eigenvalue weighted by molar-refractivity contribution is 0.176. The normalized spacial score (nSPS) is 12.7. The molecule has 0 amide bonds. The van der Waals surface area contributed by atoms with Gasteiger partial charge in [0.2, 0.25) is 0 Å². The van der Waals surface area contributed by atoms with E-state index in [1.807, 2.05) is 0 Å². The van der Waals surface area contributed by atoms with Crippen LogP contribution in [0.5, 0.6) is 0 Å². The van der Waals surface area contributed by atoms with Gasteiger partial charge in [0.05, 0.1) is 12.4 Å². The number of furan rings is 1. The fraction of sp³-hybridized carbons (Fsp3) is 0.231. The monoisotopic (exact) mass is 298 g/mol. The Bertz CT molecular complexity index is 522. The summed E-state index contributed by atoms with van der Waals surface area (Å²) in [6, 6.07) is 6.19. The average Bonchev–Trinajstić information content (AvgIpc) is 2.68. The van der Waals surface area contributed by atoms with Crippen LogP contribution in [-0.2, 0) is 6.42 Å². The molecule has 90 valence electrons. The Morgan fingerprint density at radius 2 is 2.18 bits per heavy atom. The summed E-state index contributed by atoms with van der Waals surface area (Å²) in [7, 11) is 0. The maximum Gasteiger partial charge on any atom is 0.124 e. The number of aliphatic hydroxyl groups is 1. The number of aliphatic hydroxyl groups excluding tert-OH is 1. The number of halogens is 2. The van der Waals surface area contributed by atoms with Crippen molar-refractivity contribution in [3.63, 3.8) is 0 Å². The highest BCUT2D eigenvalue weighted by Crippen LogP contribution is 2.26. The molecule has 0 bridgehead atoms. The lowest BCUT2D eigenvalue weighted by Crippen LogP contribution is -2.02. The highest BCUT2D eigenvalue weighted by molar-refractivity contribution is 9.10. The molecule has 0 spiro atoms. The van der Waals surface area contributed by atoms with Crippen molar-refractivity contribution in [1.29, 1.82) is 0 Å². The van der Waals surface area contributed by atoms with Crippen LogP contribution in [0.15, 0.2) is 39.4 Å². The molecule has 4 heteroatoms. The molecule has 0 fully saturated rings. The van der Waals surface area contributed by atoms with E-state index in [1.165, 1.54) is 12.1 Å². The second-order valence-electron chi connectivity index (χ2n) is 3.89. The highest BCUT2D eigenvalue weighted by atomic mass is 79.9. The Morgan fingerprint density at radius 3 is 2.76 bits per heavy atom. The van der Waals surface area contributed by atoms with Crippen molar-refractivity contribution in [3.8, 4) is 0 Å². The minimum absolute atomic E-state index is 0.297. The van der Waals surface area contributed by atoms with Crippen molar-refractivity contribution < 1.29 is 13.9 Å². The molecule has 1 aromatic heterocycles. The smallest absolute Gasteiger partial charge is 0.124 e. The van der Waals surface area contributed by atoms with E-state index in [-0.39, 0.29) is 5.82 Å². The fourth-order valence-corrected chi connectivity index (χ4v) is 2.26. The third-order valence-corrected chi connectivity index (χ3v) is 3.42. The summed E-state index contributed by atoms with van der Waals surface area (Å²) in [5.41, 5.74) is 1.63. The summed E-state index contributed by atoms with van der Waals surface area (Å²) in [4.78, 5) is 0. The molecule has 17 heavy (non-hydrogen) atoms. The molecule has 1 aromatic carbocycles. The van der Waals surface area contributed by atoms with Crippen LogP contribution >= 0.6 is 15.9 Å². The summed E-state index contributed by atoms with van der Waals surface area (Å²) in [5, 5.41) is 10.1. The molecule has 2 rings (SSSR count). The van der Waals surface area contributed by atoms with Gasteiger partial charge in [-0.1, -0.05) is 22.0 Å². The Balaban J connectivity index is 2.19. The fourth-order valence-electron chi connectivity index (χ4n) is 1.75. The van der Waals surface area contributed by atoms with Crippen LogP contribution in [0.3, 0.4) is 0 Å². The zero-order valence-corrected chi connectivity index (χ0v) is 10.9. The molecule has 1 heterocycles. The highest BCUT2D eigenvalue weighted by Gasteiger charge is 2.14. The first-order valence-electron chi connectivity index (χ1n) is 5.24. The van der Waals surface area contributed by atoms with Gasteiger partial charge < -0.3 is 9.52 Å². The molecule has 1 atom stereocenters. The molecule has 0 aliphatic rings. The van der Waals surface area contributed by atoms with Gasteiger partial charge in [0.25, 0.3) is 0 Å². The molecule has 2 nitrogen and oxygen atoms in total. The maximum atomic E-state index is 12.9. The first-order chi connectivity index (χ1) is 8.08. The van der Waals surface area contributed by atoms with Crippen LogP contribution in [0.2, 0.25) is 0 Å². The summed E-state index contributed by atoms with van der Waals surface area (Å²) in [6.45, 7) is 1.80. The summed E-state index contributed by atoms with van der Waals surface area (Å²) in [5.74, 6) is 0.408. The Kier molecular flexibility index (Phi) is 3.64. The molecule has 2 aromatic rings. The van der Waals surface area contributed by atoms with Crippen molar-refractivity contribution in [2.75, 3.05) is 0 Å². The Morgan fingerprint density at radius 1 is 1.41 bits per heavy atom. The summed E-state index contributed by atoms with van der Waals surface area (Å²) >= 11 is 3.28. The van der Waals surface area contributed by atoms with E-state index in [9.17, 15) is 9.50 Å². The third kappa shape index (κ3) is 2.76. The minimum atomic E-state index is -0.643. The standard InChI is InChI=1S/C13H12BrFO2/c1-8-11(4-5-17-8)13(16)6-9-2-3-10(15)7-12(9)14/h2-5,7,13,16H,6H2,1H3. The molecule has 0 aliphatic carbocycles. The van der Waals surface area contributed by atoms with Crippen LogP contribution in [0.25, 0.3) is 0 Å². The Labute approximate surface area is 107 Å². The zero-order chi connectivity index (χ0) is 12.4. The van der Waals surface area contributed by atoms with Crippen LogP contribution in [0.1, 0.15) is 23.0 Å². The van der Waals surface area contributed by atoms with Crippen molar-refractivity contribution in [1.82, 2.24) is 0 Å². The van der Waals surface area contributed by atoms with Gasteiger partial charge in [-0.3, -0.25) is 0 Å². The second kappa shape index (κ2) is 5.02. The number of benzene rings is 1. The SMILES string of the molecule is Cc1occc1C(O)Cc1ccc(F)cc1Br. The molecule has 1 N–H and O–H groups in total. The Hall–Kier alpha value is -1.13. The predicted octanol–water partition coefficient (Wildman–Crippen LogP) is 3.77. The number of hydrogen-bond donors (Lipinski definition) is 1. The van der Waals surface area contributed by atoms with Crippen LogP contribution in [-0.4, -0.2) is 5.11 Å². The molecule has 1 unspecified atom stereocenters. The largest absolute Gasteiger partial charge is 0.469 e. The minimum Gasteiger partial charge on any atom is -0.469 e. The van der Waals surface area contributed by atoms with Crippen molar-refractivity contribution in [3.05, 3.63) is 57.7 Å². The van der Waals surface area contributed by atoms with Crippen molar-refractivity contribution >= 4 is 15.9 Å². The van der Waals surface area contributed by atoms with Gasteiger partial charge in [-0.25, -0.2) is 4.39 Å². The molecular weight excluding hydrogens is 287 g/mol. The number of hydrogen-bond acceptors (Lipinski definition) is 2. The third-order valence-electron chi connectivity index (χ3n) is 2.69. The molecule has 0 saturated carbocycles. The number of aryl methyl sites for hydroxylation is 1. The molecule has 0 radical (unpaired) electrons. The molecular formula is C13H12BrFO2. The lowest BCUT2D eigenvalue weighted by Gasteiger charge is -2.11. The second-order valence-corrected chi connectivity index (χ2v) is 4.74. The van der Waals surface area contributed by atoms with Gasteiger partial charge in [-0.2, -0.15) is 0 Å². The summed E-state index contributed by atoms with van der Waals surface area (Å²) < 4.78 is 18.7. The molecule has 0 saturated heterocycles. The van der Waals surface area contributed by atoms with Gasteiger partial charge in [-0.05, 0) is 30.7 Å². The van der Waals surface area contributed by atoms with Crippen LogP contribution in [0.4, 0.5) is 4.39 Å². The maximum absolute atomic E-state index is 12.9. The topological polar surface area (TPSA) is 33.4 Å². The lowest BCUT2D eigenvalue weighted by atomic mass is 10.0. The first kappa shape index (κ1) is 12.3. The van der Waals surface area contributed by atoms with Crippen LogP contribution in [0, 0.1) is 12.7 Å². The van der Waals surface area contributed by atoms with Gasteiger partial charge in [0.15, 0.2) is 0 Å². The first-order valence-corrected chi connectivity index (χ1v) is 6.03. The van der Waals surface area contributed by atoms with Gasteiger partial charge in [-0.15, -0.1) is 0 Å². The van der Waals surface area contributed by atoms with Gasteiger partial charge in [0, 0.05) is 16.5 Å². The van der Waals surface area contributed by atoms with E-state index in [0.717, 1.165) is 11.1 Å². The van der Waals surface area contributed by atoms with E-state index in [2.05, 4.69) is 15.9 Å². The number of rotatable bonds is 3. The van der Waals surface area contributed by atoms with Crippen molar-refractivity contribution in [2.24, 2.45) is 0 Å². The van der Waals surface area contributed by atoms with Crippen LogP contribution < -0.4 is 0 Å². The van der Waals surface area contributed by atoms with E-state index in [4.69, 9.17) is 4.42 Å². The van der Waals surface area contributed by atoms with E-state index < -0.39 is 6.10 Å². The van der Waals surface area contributed by atoms with E-state index in [0.29, 0.717) is 16.7 Å². The predicted molar refractivity (Wildman–Crippen MR) is 66.2 cm³/mol. The molecule has 0 aliphatic heterocycles. The zero-order valence-electron chi connectivity index (χ0n) is 9.28. The van der Waals surface area contributed by atoms with Crippen molar-refractivity contribution in [2.45, 2.75) is 19.4 Å². The van der Waals surface area contributed by atoms with E-state index in [1.54, 1.807) is 25.3 Å².